The average molecular weight is 306 g/mol. The third kappa shape index (κ3) is 3.85. The summed E-state index contributed by atoms with van der Waals surface area (Å²) < 4.78 is 5.47. The van der Waals surface area contributed by atoms with Crippen molar-refractivity contribution in [2.45, 2.75) is 107 Å². The number of fused-ring (bicyclic) bond motifs is 6. The maximum absolute atomic E-state index is 5.47. The molecule has 3 nitrogen and oxygen atoms in total. The summed E-state index contributed by atoms with van der Waals surface area (Å²) in [5.74, 6) is 1.06. The first kappa shape index (κ1) is 15.4. The Balaban J connectivity index is 0.0000000855. The second-order valence-electron chi connectivity index (χ2n) is 8.39. The summed E-state index contributed by atoms with van der Waals surface area (Å²) in [5.41, 5.74) is 0. The highest BCUT2D eigenvalue weighted by atomic mass is 16.5. The lowest BCUT2D eigenvalue weighted by Crippen LogP contribution is -2.33. The van der Waals surface area contributed by atoms with Gasteiger partial charge in [0.2, 0.25) is 0 Å². The van der Waals surface area contributed by atoms with E-state index in [2.05, 4.69) is 10.6 Å². The second kappa shape index (κ2) is 7.19. The van der Waals surface area contributed by atoms with Crippen molar-refractivity contribution >= 4 is 0 Å². The van der Waals surface area contributed by atoms with Gasteiger partial charge in [-0.1, -0.05) is 6.42 Å². The predicted octanol–water partition coefficient (Wildman–Crippen LogP) is 3.38. The fourth-order valence-corrected chi connectivity index (χ4v) is 5.32. The Kier molecular flexibility index (Phi) is 5.04. The van der Waals surface area contributed by atoms with Crippen LogP contribution >= 0.6 is 0 Å². The second-order valence-corrected chi connectivity index (χ2v) is 8.39. The Morgan fingerprint density at radius 1 is 0.636 bits per heavy atom. The van der Waals surface area contributed by atoms with Crippen molar-refractivity contribution in [1.82, 2.24) is 10.6 Å². The minimum atomic E-state index is 0.671. The molecular formula is C19H34N2O. The SMILES string of the molecule is C1CC2CC1CN2.C1CC2CCC(C1)N2.C1CC2CCC1O2. The van der Waals surface area contributed by atoms with Crippen LogP contribution in [0.2, 0.25) is 0 Å². The molecule has 0 spiro atoms. The molecule has 6 bridgehead atoms. The van der Waals surface area contributed by atoms with Gasteiger partial charge in [0.15, 0.2) is 0 Å². The lowest BCUT2D eigenvalue weighted by atomic mass is 10.0. The van der Waals surface area contributed by atoms with Gasteiger partial charge in [-0.3, -0.25) is 0 Å². The Bertz CT molecular complexity index is 289. The van der Waals surface area contributed by atoms with Crippen molar-refractivity contribution in [1.29, 1.82) is 0 Å². The van der Waals surface area contributed by atoms with Crippen molar-refractivity contribution in [3.63, 3.8) is 0 Å². The highest BCUT2D eigenvalue weighted by Crippen LogP contribution is 2.33. The van der Waals surface area contributed by atoms with Crippen molar-refractivity contribution in [2.75, 3.05) is 6.54 Å². The van der Waals surface area contributed by atoms with E-state index in [0.29, 0.717) is 12.2 Å². The van der Waals surface area contributed by atoms with Crippen LogP contribution in [-0.4, -0.2) is 36.9 Å². The van der Waals surface area contributed by atoms with Crippen molar-refractivity contribution in [3.05, 3.63) is 0 Å². The first-order valence-electron chi connectivity index (χ1n) is 10.00. The Morgan fingerprint density at radius 3 is 1.55 bits per heavy atom. The van der Waals surface area contributed by atoms with Crippen molar-refractivity contribution in [2.24, 2.45) is 5.92 Å². The van der Waals surface area contributed by atoms with Gasteiger partial charge >= 0.3 is 0 Å². The Hall–Kier alpha value is -0.120. The molecule has 0 amide bonds. The van der Waals surface area contributed by atoms with E-state index in [1.54, 1.807) is 0 Å². The number of piperidine rings is 2. The van der Waals surface area contributed by atoms with Crippen LogP contribution in [0.4, 0.5) is 0 Å². The molecule has 22 heavy (non-hydrogen) atoms. The Labute approximate surface area is 135 Å². The van der Waals surface area contributed by atoms with E-state index in [-0.39, 0.29) is 0 Å². The summed E-state index contributed by atoms with van der Waals surface area (Å²) in [6.07, 6.45) is 18.4. The summed E-state index contributed by atoms with van der Waals surface area (Å²) in [5, 5.41) is 7.05. The molecule has 0 aromatic rings. The normalized spacial score (nSPS) is 46.9. The molecule has 0 aromatic carbocycles. The topological polar surface area (TPSA) is 33.3 Å². The van der Waals surface area contributed by atoms with Gasteiger partial charge in [0, 0.05) is 18.1 Å². The van der Waals surface area contributed by atoms with Gasteiger partial charge in [0.1, 0.15) is 0 Å². The van der Waals surface area contributed by atoms with Gasteiger partial charge in [-0.15, -0.1) is 0 Å². The van der Waals surface area contributed by atoms with E-state index in [0.717, 1.165) is 24.0 Å². The molecule has 2 N–H and O–H groups in total. The lowest BCUT2D eigenvalue weighted by molar-refractivity contribution is 0.105. The van der Waals surface area contributed by atoms with Crippen LogP contribution in [0.15, 0.2) is 0 Å². The molecule has 6 fully saturated rings. The molecule has 3 heteroatoms. The zero-order chi connectivity index (χ0) is 14.8. The quantitative estimate of drug-likeness (QED) is 0.720. The molecule has 1 saturated carbocycles. The predicted molar refractivity (Wildman–Crippen MR) is 90.1 cm³/mol. The highest BCUT2D eigenvalue weighted by Gasteiger charge is 2.31. The van der Waals surface area contributed by atoms with Crippen LogP contribution in [0.25, 0.3) is 0 Å². The zero-order valence-corrected chi connectivity index (χ0v) is 14.1. The van der Waals surface area contributed by atoms with Crippen molar-refractivity contribution < 1.29 is 4.74 Å². The molecule has 5 aliphatic heterocycles. The van der Waals surface area contributed by atoms with Gasteiger partial charge < -0.3 is 15.4 Å². The van der Waals surface area contributed by atoms with Gasteiger partial charge in [0.05, 0.1) is 12.2 Å². The van der Waals surface area contributed by atoms with Crippen LogP contribution in [0.5, 0.6) is 0 Å². The first-order chi connectivity index (χ1) is 10.8. The van der Waals surface area contributed by atoms with Crippen LogP contribution in [0.3, 0.4) is 0 Å². The summed E-state index contributed by atoms with van der Waals surface area (Å²) in [4.78, 5) is 0. The standard InChI is InChI=1S/C7H13N.C6H11N.C6H10O/c1-2-6-4-5-7(3-1)8-6;1-2-6-3-5(1)4-7-6;1-2-6-4-3-5(1)7-6/h6-8H,1-5H2;5-7H,1-4H2;5-6H,1-4H2. The highest BCUT2D eigenvalue weighted by molar-refractivity contribution is 4.89. The van der Waals surface area contributed by atoms with E-state index in [4.69, 9.17) is 4.74 Å². The number of hydrogen-bond donors (Lipinski definition) is 2. The van der Waals surface area contributed by atoms with E-state index >= 15 is 0 Å². The van der Waals surface area contributed by atoms with Gasteiger partial charge in [-0.25, -0.2) is 0 Å². The maximum Gasteiger partial charge on any atom is 0.0580 e. The molecule has 4 atom stereocenters. The smallest absolute Gasteiger partial charge is 0.0580 e. The minimum Gasteiger partial charge on any atom is -0.375 e. The first-order valence-corrected chi connectivity index (χ1v) is 10.00. The van der Waals surface area contributed by atoms with Crippen LogP contribution in [0.1, 0.15) is 77.0 Å². The van der Waals surface area contributed by atoms with Crippen LogP contribution < -0.4 is 10.6 Å². The number of hydrogen-bond acceptors (Lipinski definition) is 3. The molecule has 1 aliphatic carbocycles. The van der Waals surface area contributed by atoms with E-state index in [1.807, 2.05) is 0 Å². The lowest BCUT2D eigenvalue weighted by Gasteiger charge is -2.19. The minimum absolute atomic E-state index is 0.671. The summed E-state index contributed by atoms with van der Waals surface area (Å²) in [6.45, 7) is 1.31. The fraction of sp³-hybridized carbons (Fsp3) is 1.00. The van der Waals surface area contributed by atoms with E-state index in [9.17, 15) is 0 Å². The van der Waals surface area contributed by atoms with Gasteiger partial charge in [-0.2, -0.15) is 0 Å². The number of nitrogens with one attached hydrogen (secondary N) is 2. The van der Waals surface area contributed by atoms with E-state index in [1.165, 1.54) is 83.6 Å². The average Bonchev–Trinajstić information content (AvgIpc) is 3.38. The van der Waals surface area contributed by atoms with Crippen LogP contribution in [0, 0.1) is 5.92 Å². The third-order valence-electron chi connectivity index (χ3n) is 6.68. The molecule has 5 heterocycles. The number of rotatable bonds is 0. The largest absolute Gasteiger partial charge is 0.375 e. The maximum atomic E-state index is 5.47. The zero-order valence-electron chi connectivity index (χ0n) is 14.1. The molecule has 6 aliphatic rings. The molecule has 6 rings (SSSR count). The summed E-state index contributed by atoms with van der Waals surface area (Å²) in [7, 11) is 0. The Morgan fingerprint density at radius 2 is 1.27 bits per heavy atom. The van der Waals surface area contributed by atoms with Gasteiger partial charge in [0.25, 0.3) is 0 Å². The molecule has 4 unspecified atom stereocenters. The molecule has 126 valence electrons. The molecular weight excluding hydrogens is 272 g/mol. The molecule has 0 radical (unpaired) electrons. The van der Waals surface area contributed by atoms with Crippen LogP contribution in [-0.2, 0) is 4.74 Å². The molecule has 5 saturated heterocycles. The summed E-state index contributed by atoms with van der Waals surface area (Å²) >= 11 is 0. The number of ether oxygens (including phenoxy) is 1. The van der Waals surface area contributed by atoms with Crippen molar-refractivity contribution in [3.8, 4) is 0 Å². The monoisotopic (exact) mass is 306 g/mol. The van der Waals surface area contributed by atoms with E-state index < -0.39 is 0 Å². The fourth-order valence-electron chi connectivity index (χ4n) is 5.32. The third-order valence-corrected chi connectivity index (χ3v) is 6.68. The molecule has 0 aromatic heterocycles. The van der Waals surface area contributed by atoms with Gasteiger partial charge in [-0.05, 0) is 83.1 Å². The summed E-state index contributed by atoms with van der Waals surface area (Å²) in [6, 6.07) is 2.74.